The lowest BCUT2D eigenvalue weighted by molar-refractivity contribution is -0.178. The number of halogens is 1. The molecule has 1 aromatic carbocycles. The van der Waals surface area contributed by atoms with Crippen molar-refractivity contribution < 1.29 is 14.2 Å². The lowest BCUT2D eigenvalue weighted by Crippen LogP contribution is -2.40. The zero-order valence-electron chi connectivity index (χ0n) is 13.9. The maximum atomic E-state index is 8.08. The Balaban J connectivity index is 1.36. The molecule has 0 saturated carbocycles. The van der Waals surface area contributed by atoms with E-state index in [0.29, 0.717) is 36.1 Å². The molecule has 2 atom stereocenters. The van der Waals surface area contributed by atoms with Crippen molar-refractivity contribution in [2.45, 2.75) is 18.9 Å². The molecule has 4 rings (SSSR count). The average Bonchev–Trinajstić information content (AvgIpc) is 3.12. The standard InChI is InChI=1S/C17H18ClN5O3/c18-15-14-16(21-10-20-14)22-17(19)23(15)13-9-25-12(8-26-13)7-24-6-11-4-2-1-3-5-11/h1-5,10,12-13H,6-9H2,(H2,19,20,21,22). The Morgan fingerprint density at radius 3 is 2.88 bits per heavy atom. The van der Waals surface area contributed by atoms with Gasteiger partial charge in [-0.3, -0.25) is 9.98 Å². The van der Waals surface area contributed by atoms with Gasteiger partial charge in [0.15, 0.2) is 11.9 Å². The van der Waals surface area contributed by atoms with Crippen molar-refractivity contribution in [1.29, 1.82) is 5.41 Å². The SMILES string of the molecule is N=c1nc2nc[nH]c2c(Cl)n1C1COC(COCc2ccccc2)CO1. The van der Waals surface area contributed by atoms with Crippen LogP contribution in [0.25, 0.3) is 11.2 Å². The van der Waals surface area contributed by atoms with Gasteiger partial charge < -0.3 is 19.2 Å². The summed E-state index contributed by atoms with van der Waals surface area (Å²) in [6.07, 6.45) is 0.819. The van der Waals surface area contributed by atoms with Gasteiger partial charge in [0.25, 0.3) is 0 Å². The molecule has 2 unspecified atom stereocenters. The number of fused-ring (bicyclic) bond motifs is 1. The van der Waals surface area contributed by atoms with Crippen LogP contribution in [-0.4, -0.2) is 45.4 Å². The largest absolute Gasteiger partial charge is 0.374 e. The summed E-state index contributed by atoms with van der Waals surface area (Å²) in [6.45, 7) is 1.58. The molecule has 2 aromatic heterocycles. The third-order valence-electron chi connectivity index (χ3n) is 4.13. The molecule has 26 heavy (non-hydrogen) atoms. The molecule has 0 spiro atoms. The minimum atomic E-state index is -0.513. The fourth-order valence-electron chi connectivity index (χ4n) is 2.81. The highest BCUT2D eigenvalue weighted by Crippen LogP contribution is 2.23. The second kappa shape index (κ2) is 7.55. The number of hydrogen-bond acceptors (Lipinski definition) is 6. The Morgan fingerprint density at radius 1 is 1.27 bits per heavy atom. The van der Waals surface area contributed by atoms with Crippen LogP contribution in [0.15, 0.2) is 36.7 Å². The fraction of sp³-hybridized carbons (Fsp3) is 0.353. The van der Waals surface area contributed by atoms with Gasteiger partial charge in [-0.15, -0.1) is 0 Å². The molecular weight excluding hydrogens is 358 g/mol. The van der Waals surface area contributed by atoms with Gasteiger partial charge in [-0.2, -0.15) is 4.98 Å². The minimum absolute atomic E-state index is 0.0259. The van der Waals surface area contributed by atoms with E-state index >= 15 is 0 Å². The highest BCUT2D eigenvalue weighted by atomic mass is 35.5. The second-order valence-corrected chi connectivity index (χ2v) is 6.30. The molecule has 0 bridgehead atoms. The molecule has 1 aliphatic heterocycles. The number of rotatable bonds is 5. The molecule has 1 fully saturated rings. The number of nitrogens with one attached hydrogen (secondary N) is 2. The number of aromatic nitrogens is 4. The van der Waals surface area contributed by atoms with Crippen LogP contribution in [0.5, 0.6) is 0 Å². The second-order valence-electron chi connectivity index (χ2n) is 5.94. The minimum Gasteiger partial charge on any atom is -0.374 e. The molecule has 1 aliphatic rings. The van der Waals surface area contributed by atoms with Crippen molar-refractivity contribution in [2.24, 2.45) is 0 Å². The number of ether oxygens (including phenoxy) is 3. The van der Waals surface area contributed by atoms with Crippen molar-refractivity contribution in [2.75, 3.05) is 19.8 Å². The first kappa shape index (κ1) is 17.2. The first-order valence-electron chi connectivity index (χ1n) is 8.23. The maximum Gasteiger partial charge on any atom is 0.227 e. The van der Waals surface area contributed by atoms with Gasteiger partial charge in [-0.1, -0.05) is 41.9 Å². The topological polar surface area (TPSA) is 98.0 Å². The number of aromatic amines is 1. The van der Waals surface area contributed by atoms with Gasteiger partial charge in [0, 0.05) is 0 Å². The monoisotopic (exact) mass is 375 g/mol. The zero-order valence-corrected chi connectivity index (χ0v) is 14.6. The van der Waals surface area contributed by atoms with Crippen molar-refractivity contribution in [1.82, 2.24) is 19.5 Å². The summed E-state index contributed by atoms with van der Waals surface area (Å²) in [5, 5.41) is 8.40. The first-order valence-corrected chi connectivity index (χ1v) is 8.61. The van der Waals surface area contributed by atoms with Gasteiger partial charge in [-0.05, 0) is 5.56 Å². The van der Waals surface area contributed by atoms with Crippen LogP contribution in [0.4, 0.5) is 0 Å². The van der Waals surface area contributed by atoms with Crippen LogP contribution >= 0.6 is 11.6 Å². The third-order valence-corrected chi connectivity index (χ3v) is 4.50. The highest BCUT2D eigenvalue weighted by Gasteiger charge is 2.26. The average molecular weight is 376 g/mol. The normalized spacial score (nSPS) is 20.5. The Labute approximate surface area is 154 Å². The molecular formula is C17H18ClN5O3. The van der Waals surface area contributed by atoms with Crippen molar-refractivity contribution in [3.8, 4) is 0 Å². The van der Waals surface area contributed by atoms with Crippen molar-refractivity contribution in [3.63, 3.8) is 0 Å². The molecule has 0 amide bonds. The molecule has 3 heterocycles. The van der Waals surface area contributed by atoms with Crippen LogP contribution in [0.1, 0.15) is 11.8 Å². The predicted molar refractivity (Wildman–Crippen MR) is 93.6 cm³/mol. The first-order chi connectivity index (χ1) is 12.7. The van der Waals surface area contributed by atoms with E-state index in [4.69, 9.17) is 31.2 Å². The summed E-state index contributed by atoms with van der Waals surface area (Å²) >= 11 is 6.38. The fourth-order valence-corrected chi connectivity index (χ4v) is 3.14. The molecule has 0 radical (unpaired) electrons. The summed E-state index contributed by atoms with van der Waals surface area (Å²) in [4.78, 5) is 11.1. The van der Waals surface area contributed by atoms with Crippen molar-refractivity contribution >= 4 is 22.8 Å². The molecule has 2 N–H and O–H groups in total. The summed E-state index contributed by atoms with van der Waals surface area (Å²) in [7, 11) is 0. The number of hydrogen-bond donors (Lipinski definition) is 2. The number of imidazole rings is 1. The van der Waals surface area contributed by atoms with E-state index < -0.39 is 6.23 Å². The quantitative estimate of drug-likeness (QED) is 0.665. The molecule has 3 aromatic rings. The van der Waals surface area contributed by atoms with E-state index in [0.717, 1.165) is 5.56 Å². The maximum absolute atomic E-state index is 8.08. The summed E-state index contributed by atoms with van der Waals surface area (Å²) in [6, 6.07) is 9.96. The molecule has 136 valence electrons. The third kappa shape index (κ3) is 3.49. The Hall–Kier alpha value is -2.26. The smallest absolute Gasteiger partial charge is 0.227 e. The lowest BCUT2D eigenvalue weighted by Gasteiger charge is -2.31. The summed E-state index contributed by atoms with van der Waals surface area (Å²) < 4.78 is 18.8. The molecule has 0 aliphatic carbocycles. The van der Waals surface area contributed by atoms with E-state index in [-0.39, 0.29) is 18.3 Å². The number of benzene rings is 1. The number of nitrogens with zero attached hydrogens (tertiary/aromatic N) is 3. The van der Waals surface area contributed by atoms with Crippen LogP contribution in [0, 0.1) is 5.41 Å². The molecule has 8 nitrogen and oxygen atoms in total. The van der Waals surface area contributed by atoms with Crippen LogP contribution in [0.3, 0.4) is 0 Å². The number of H-pyrrole nitrogens is 1. The van der Waals surface area contributed by atoms with E-state index in [2.05, 4.69) is 15.0 Å². The molecule has 9 heteroatoms. The van der Waals surface area contributed by atoms with E-state index in [1.165, 1.54) is 10.9 Å². The van der Waals surface area contributed by atoms with Gasteiger partial charge >= 0.3 is 0 Å². The van der Waals surface area contributed by atoms with Gasteiger partial charge in [0.1, 0.15) is 16.8 Å². The highest BCUT2D eigenvalue weighted by molar-refractivity contribution is 6.33. The summed E-state index contributed by atoms with van der Waals surface area (Å²) in [5.41, 5.74) is 2.06. The summed E-state index contributed by atoms with van der Waals surface area (Å²) in [5.74, 6) is 0. The van der Waals surface area contributed by atoms with Gasteiger partial charge in [0.05, 0.1) is 32.8 Å². The van der Waals surface area contributed by atoms with Crippen LogP contribution in [0.2, 0.25) is 5.15 Å². The lowest BCUT2D eigenvalue weighted by atomic mass is 10.2. The Morgan fingerprint density at radius 2 is 2.12 bits per heavy atom. The Bertz CT molecular complexity index is 934. The predicted octanol–water partition coefficient (Wildman–Crippen LogP) is 2.02. The zero-order chi connectivity index (χ0) is 17.9. The van der Waals surface area contributed by atoms with Crippen LogP contribution in [-0.2, 0) is 20.8 Å². The van der Waals surface area contributed by atoms with E-state index in [1.807, 2.05) is 30.3 Å². The van der Waals surface area contributed by atoms with Gasteiger partial charge in [0.2, 0.25) is 5.62 Å². The Kier molecular flexibility index (Phi) is 4.98. The van der Waals surface area contributed by atoms with E-state index in [9.17, 15) is 0 Å². The molecule has 1 saturated heterocycles. The van der Waals surface area contributed by atoms with Crippen LogP contribution < -0.4 is 5.62 Å². The van der Waals surface area contributed by atoms with Gasteiger partial charge in [-0.25, -0.2) is 4.98 Å². The van der Waals surface area contributed by atoms with Crippen molar-refractivity contribution in [3.05, 3.63) is 53.0 Å². The van der Waals surface area contributed by atoms with E-state index in [1.54, 1.807) is 0 Å².